The van der Waals surface area contributed by atoms with Crippen LogP contribution in [0.3, 0.4) is 0 Å². The Hall–Kier alpha value is -3.27. The van der Waals surface area contributed by atoms with E-state index >= 15 is 0 Å². The number of hydrogen-bond acceptors (Lipinski definition) is 5. The number of nitrogens with one attached hydrogen (secondary N) is 1. The van der Waals surface area contributed by atoms with Gasteiger partial charge in [0.05, 0.1) is 16.9 Å². The number of amides is 1. The minimum atomic E-state index is -1.45. The highest BCUT2D eigenvalue weighted by Gasteiger charge is 2.23. The fourth-order valence-electron chi connectivity index (χ4n) is 2.83. The molecule has 0 aliphatic carbocycles. The van der Waals surface area contributed by atoms with Crippen LogP contribution in [0.4, 0.5) is 34.8 Å². The Morgan fingerprint density at radius 3 is 2.43 bits per heavy atom. The molecule has 0 fully saturated rings. The third-order valence-electron chi connectivity index (χ3n) is 4.36. The van der Waals surface area contributed by atoms with Gasteiger partial charge in [-0.1, -0.05) is 0 Å². The van der Waals surface area contributed by atoms with Gasteiger partial charge in [0.2, 0.25) is 0 Å². The van der Waals surface area contributed by atoms with Gasteiger partial charge in [0.15, 0.2) is 23.3 Å². The molecule has 5 N–H and O–H groups in total. The molecule has 0 saturated carbocycles. The van der Waals surface area contributed by atoms with E-state index in [1.165, 1.54) is 36.2 Å². The van der Waals surface area contributed by atoms with Crippen molar-refractivity contribution in [3.05, 3.63) is 76.5 Å². The lowest BCUT2D eigenvalue weighted by atomic mass is 10.00. The Balaban J connectivity index is 2.06. The number of rotatable bonds is 6. The third kappa shape index (κ3) is 4.18. The van der Waals surface area contributed by atoms with Crippen LogP contribution >= 0.6 is 11.8 Å². The molecule has 0 aliphatic rings. The number of aromatic nitrogens is 1. The summed E-state index contributed by atoms with van der Waals surface area (Å²) in [5, 5.41) is 2.39. The van der Waals surface area contributed by atoms with Crippen molar-refractivity contribution in [1.82, 2.24) is 4.98 Å². The zero-order chi connectivity index (χ0) is 22.0. The van der Waals surface area contributed by atoms with Gasteiger partial charge in [0.25, 0.3) is 5.91 Å². The van der Waals surface area contributed by atoms with Gasteiger partial charge in [-0.05, 0) is 47.7 Å². The molecule has 2 aromatic carbocycles. The third-order valence-corrected chi connectivity index (χ3v) is 5.09. The number of benzene rings is 2. The van der Waals surface area contributed by atoms with E-state index in [0.717, 1.165) is 6.07 Å². The first-order valence-electron chi connectivity index (χ1n) is 8.53. The number of anilines is 3. The standard InChI is InChI=1S/C20H16F4N4OS/c1-30-11-2-3-14(13(21)8-11)28-18-12(20(26)29)7-10(15(22)17(18)24)6-9-4-5-27-19(25)16(9)23/h2-5,7-8,28H,6H2,1H3,(H2,25,27)(H2,26,29). The highest BCUT2D eigenvalue weighted by atomic mass is 32.2. The average Bonchev–Trinajstić information content (AvgIpc) is 2.71. The molecule has 1 amide bonds. The summed E-state index contributed by atoms with van der Waals surface area (Å²) in [4.78, 5) is 16.1. The van der Waals surface area contributed by atoms with Gasteiger partial charge in [-0.2, -0.15) is 0 Å². The molecule has 0 bridgehead atoms. The number of nitrogens with zero attached hydrogens (tertiary/aromatic N) is 1. The molecule has 0 radical (unpaired) electrons. The molecule has 0 atom stereocenters. The zero-order valence-electron chi connectivity index (χ0n) is 15.6. The maximum Gasteiger partial charge on any atom is 0.250 e. The lowest BCUT2D eigenvalue weighted by Crippen LogP contribution is -2.17. The number of primary amides is 1. The van der Waals surface area contributed by atoms with E-state index in [0.29, 0.717) is 4.90 Å². The number of halogens is 4. The average molecular weight is 436 g/mol. The van der Waals surface area contributed by atoms with Crippen LogP contribution in [0.25, 0.3) is 0 Å². The van der Waals surface area contributed by atoms with Gasteiger partial charge in [-0.15, -0.1) is 11.8 Å². The topological polar surface area (TPSA) is 94.0 Å². The maximum absolute atomic E-state index is 14.8. The van der Waals surface area contributed by atoms with E-state index in [4.69, 9.17) is 11.5 Å². The number of hydrogen-bond donors (Lipinski definition) is 3. The highest BCUT2D eigenvalue weighted by molar-refractivity contribution is 7.98. The van der Waals surface area contributed by atoms with Crippen LogP contribution in [0.1, 0.15) is 21.5 Å². The van der Waals surface area contributed by atoms with Crippen LogP contribution in [-0.2, 0) is 6.42 Å². The summed E-state index contributed by atoms with van der Waals surface area (Å²) in [6.07, 6.45) is 2.56. The van der Waals surface area contributed by atoms with Crippen molar-refractivity contribution >= 4 is 34.9 Å². The predicted octanol–water partition coefficient (Wildman–Crippen LogP) is 4.38. The summed E-state index contributed by atoms with van der Waals surface area (Å²) >= 11 is 1.30. The Bertz CT molecular complexity index is 1140. The van der Waals surface area contributed by atoms with Gasteiger partial charge < -0.3 is 16.8 Å². The second-order valence-corrected chi connectivity index (χ2v) is 7.15. The van der Waals surface area contributed by atoms with Crippen LogP contribution in [-0.4, -0.2) is 17.1 Å². The molecular weight excluding hydrogens is 420 g/mol. The van der Waals surface area contributed by atoms with Crippen LogP contribution in [0.5, 0.6) is 0 Å². The second kappa shape index (κ2) is 8.62. The smallest absolute Gasteiger partial charge is 0.250 e. The number of pyridine rings is 1. The van der Waals surface area contributed by atoms with Crippen LogP contribution in [0, 0.1) is 23.3 Å². The second-order valence-electron chi connectivity index (χ2n) is 6.27. The molecule has 1 aromatic heterocycles. The van der Waals surface area contributed by atoms with Crippen LogP contribution in [0.15, 0.2) is 41.4 Å². The molecule has 0 aliphatic heterocycles. The first-order valence-corrected chi connectivity index (χ1v) is 9.75. The molecule has 156 valence electrons. The normalized spacial score (nSPS) is 10.8. The van der Waals surface area contributed by atoms with E-state index in [1.807, 2.05) is 0 Å². The largest absolute Gasteiger partial charge is 0.381 e. The molecule has 0 unspecified atom stereocenters. The molecule has 10 heteroatoms. The molecule has 30 heavy (non-hydrogen) atoms. The number of thioether (sulfide) groups is 1. The fraction of sp³-hybridized carbons (Fsp3) is 0.100. The lowest BCUT2D eigenvalue weighted by Gasteiger charge is -2.16. The summed E-state index contributed by atoms with van der Waals surface area (Å²) in [5.74, 6) is -5.86. The van der Waals surface area contributed by atoms with Crippen molar-refractivity contribution in [3.8, 4) is 0 Å². The van der Waals surface area contributed by atoms with Crippen molar-refractivity contribution in [2.45, 2.75) is 11.3 Å². The maximum atomic E-state index is 14.8. The Morgan fingerprint density at radius 1 is 1.07 bits per heavy atom. The van der Waals surface area contributed by atoms with Crippen molar-refractivity contribution in [1.29, 1.82) is 0 Å². The number of carbonyl (C=O) groups excluding carboxylic acids is 1. The fourth-order valence-corrected chi connectivity index (χ4v) is 3.25. The van der Waals surface area contributed by atoms with E-state index < -0.39 is 52.7 Å². The summed E-state index contributed by atoms with van der Waals surface area (Å²) < 4.78 is 57.9. The lowest BCUT2D eigenvalue weighted by molar-refractivity contribution is 0.100. The first kappa shape index (κ1) is 21.4. The molecular formula is C20H16F4N4OS. The van der Waals surface area contributed by atoms with Crippen molar-refractivity contribution < 1.29 is 22.4 Å². The van der Waals surface area contributed by atoms with Gasteiger partial charge in [0, 0.05) is 17.5 Å². The van der Waals surface area contributed by atoms with Crippen LogP contribution in [0.2, 0.25) is 0 Å². The molecule has 0 saturated heterocycles. The molecule has 0 spiro atoms. The Labute approximate surface area is 173 Å². The Kier molecular flexibility index (Phi) is 6.16. The highest BCUT2D eigenvalue weighted by Crippen LogP contribution is 2.32. The van der Waals surface area contributed by atoms with E-state index in [-0.39, 0.29) is 16.8 Å². The number of nitrogens with two attached hydrogens (primary N) is 2. The van der Waals surface area contributed by atoms with Crippen molar-refractivity contribution in [2.24, 2.45) is 5.73 Å². The van der Waals surface area contributed by atoms with Crippen LogP contribution < -0.4 is 16.8 Å². The molecule has 3 aromatic rings. The van der Waals surface area contributed by atoms with E-state index in [2.05, 4.69) is 10.3 Å². The van der Waals surface area contributed by atoms with Gasteiger partial charge in [-0.25, -0.2) is 22.5 Å². The van der Waals surface area contributed by atoms with E-state index in [9.17, 15) is 22.4 Å². The van der Waals surface area contributed by atoms with E-state index in [1.54, 1.807) is 12.3 Å². The van der Waals surface area contributed by atoms with Crippen molar-refractivity contribution in [2.75, 3.05) is 17.3 Å². The van der Waals surface area contributed by atoms with Gasteiger partial charge in [0.1, 0.15) is 5.82 Å². The SMILES string of the molecule is CSc1ccc(Nc2c(C(N)=O)cc(Cc3ccnc(N)c3F)c(F)c2F)c(F)c1. The summed E-state index contributed by atoms with van der Waals surface area (Å²) in [6.45, 7) is 0. The van der Waals surface area contributed by atoms with Crippen molar-refractivity contribution in [3.63, 3.8) is 0 Å². The van der Waals surface area contributed by atoms with Gasteiger partial charge in [-0.3, -0.25) is 4.79 Å². The minimum absolute atomic E-state index is 0.0457. The molecule has 1 heterocycles. The summed E-state index contributed by atoms with van der Waals surface area (Å²) in [5.41, 5.74) is 9.13. The number of carbonyl (C=O) groups is 1. The minimum Gasteiger partial charge on any atom is -0.381 e. The van der Waals surface area contributed by atoms with Gasteiger partial charge >= 0.3 is 0 Å². The quantitative estimate of drug-likeness (QED) is 0.394. The zero-order valence-corrected chi connectivity index (χ0v) is 16.4. The molecule has 3 rings (SSSR count). The summed E-state index contributed by atoms with van der Waals surface area (Å²) in [7, 11) is 0. The first-order chi connectivity index (χ1) is 14.2. The number of nitrogen functional groups attached to an aromatic ring is 1. The predicted molar refractivity (Wildman–Crippen MR) is 108 cm³/mol. The monoisotopic (exact) mass is 436 g/mol. The Morgan fingerprint density at radius 2 is 1.80 bits per heavy atom. The molecule has 5 nitrogen and oxygen atoms in total. The summed E-state index contributed by atoms with van der Waals surface area (Å²) in [6, 6.07) is 6.34.